The van der Waals surface area contributed by atoms with Crippen molar-refractivity contribution in [1.29, 1.82) is 0 Å². The minimum Gasteiger partial charge on any atom is -0.397 e. The van der Waals surface area contributed by atoms with Crippen LogP contribution in [0.5, 0.6) is 0 Å². The van der Waals surface area contributed by atoms with E-state index in [-0.39, 0.29) is 16.9 Å². The Hall–Kier alpha value is -2.14. The number of anilines is 2. The average molecular weight is 311 g/mol. The van der Waals surface area contributed by atoms with Crippen LogP contribution in [0, 0.1) is 18.6 Å². The molecule has 2 aromatic carbocycles. The van der Waals surface area contributed by atoms with Gasteiger partial charge in [-0.05, 0) is 36.8 Å². The molecular weight excluding hydrogens is 298 g/mol. The third-order valence-electron chi connectivity index (χ3n) is 3.16. The Bertz CT molecular complexity index is 719. The van der Waals surface area contributed by atoms with Gasteiger partial charge in [-0.15, -0.1) is 0 Å². The first-order valence-electron chi connectivity index (χ1n) is 6.10. The van der Waals surface area contributed by atoms with E-state index in [0.717, 1.165) is 11.0 Å². The van der Waals surface area contributed by atoms with Gasteiger partial charge in [0.25, 0.3) is 5.91 Å². The zero-order valence-electron chi connectivity index (χ0n) is 11.5. The van der Waals surface area contributed by atoms with Gasteiger partial charge in [-0.1, -0.05) is 17.7 Å². The molecule has 1 amide bonds. The lowest BCUT2D eigenvalue weighted by Crippen LogP contribution is -2.29. The molecule has 0 saturated heterocycles. The summed E-state index contributed by atoms with van der Waals surface area (Å²) in [5.41, 5.74) is 5.91. The molecule has 21 heavy (non-hydrogen) atoms. The van der Waals surface area contributed by atoms with Crippen LogP contribution in [0.3, 0.4) is 0 Å². The summed E-state index contributed by atoms with van der Waals surface area (Å²) in [6, 6.07) is 6.87. The maximum absolute atomic E-state index is 14.0. The molecule has 0 aliphatic heterocycles. The third kappa shape index (κ3) is 2.83. The van der Waals surface area contributed by atoms with E-state index in [2.05, 4.69) is 0 Å². The van der Waals surface area contributed by atoms with Gasteiger partial charge < -0.3 is 10.6 Å². The van der Waals surface area contributed by atoms with Crippen LogP contribution in [0.25, 0.3) is 0 Å². The van der Waals surface area contributed by atoms with Gasteiger partial charge in [0, 0.05) is 12.1 Å². The summed E-state index contributed by atoms with van der Waals surface area (Å²) in [5, 5.41) is 0.365. The zero-order chi connectivity index (χ0) is 15.7. The van der Waals surface area contributed by atoms with Crippen molar-refractivity contribution in [2.45, 2.75) is 6.92 Å². The second kappa shape index (κ2) is 5.69. The van der Waals surface area contributed by atoms with Crippen molar-refractivity contribution >= 4 is 28.9 Å². The number of amides is 1. The van der Waals surface area contributed by atoms with Crippen molar-refractivity contribution < 1.29 is 13.6 Å². The monoisotopic (exact) mass is 310 g/mol. The first kappa shape index (κ1) is 15.3. The topological polar surface area (TPSA) is 46.3 Å². The molecule has 0 atom stereocenters. The number of carbonyl (C=O) groups excluding carboxylic acids is 1. The number of nitrogen functional groups attached to an aromatic ring is 1. The number of hydrogen-bond acceptors (Lipinski definition) is 2. The van der Waals surface area contributed by atoms with Gasteiger partial charge in [0.05, 0.1) is 11.4 Å². The number of nitrogens with zero attached hydrogens (tertiary/aromatic N) is 1. The second-order valence-electron chi connectivity index (χ2n) is 4.62. The predicted octanol–water partition coefficient (Wildman–Crippen LogP) is 3.79. The van der Waals surface area contributed by atoms with Gasteiger partial charge in [-0.2, -0.15) is 0 Å². The molecule has 2 rings (SSSR count). The molecule has 6 heteroatoms. The van der Waals surface area contributed by atoms with Crippen LogP contribution in [0.15, 0.2) is 30.3 Å². The Morgan fingerprint density at radius 3 is 2.57 bits per heavy atom. The summed E-state index contributed by atoms with van der Waals surface area (Å²) in [7, 11) is 1.38. The Morgan fingerprint density at radius 1 is 1.24 bits per heavy atom. The molecule has 0 aliphatic carbocycles. The van der Waals surface area contributed by atoms with Crippen molar-refractivity contribution in [1.82, 2.24) is 0 Å². The van der Waals surface area contributed by atoms with Crippen LogP contribution >= 0.6 is 11.6 Å². The summed E-state index contributed by atoms with van der Waals surface area (Å²) >= 11 is 5.86. The van der Waals surface area contributed by atoms with Crippen molar-refractivity contribution in [3.63, 3.8) is 0 Å². The highest BCUT2D eigenvalue weighted by atomic mass is 35.5. The number of nitrogens with two attached hydrogens (primary N) is 1. The van der Waals surface area contributed by atoms with E-state index in [4.69, 9.17) is 17.3 Å². The van der Waals surface area contributed by atoms with E-state index in [1.165, 1.54) is 32.2 Å². The smallest absolute Gasteiger partial charge is 0.264 e. The van der Waals surface area contributed by atoms with E-state index < -0.39 is 23.1 Å². The van der Waals surface area contributed by atoms with Crippen LogP contribution < -0.4 is 10.6 Å². The maximum Gasteiger partial charge on any atom is 0.264 e. The molecule has 2 aromatic rings. The highest BCUT2D eigenvalue weighted by Gasteiger charge is 2.24. The van der Waals surface area contributed by atoms with Crippen molar-refractivity contribution in [3.05, 3.63) is 58.1 Å². The largest absolute Gasteiger partial charge is 0.397 e. The highest BCUT2D eigenvalue weighted by Crippen LogP contribution is 2.28. The summed E-state index contributed by atoms with van der Waals surface area (Å²) in [6.07, 6.45) is 0. The molecule has 0 aliphatic rings. The standard InChI is InChI=1S/C15H13ClF2N2O/c1-8-3-5-10(17)13(14(8)18)15(21)20(2)12-7-9(16)4-6-11(12)19/h3-7H,19H2,1-2H3. The van der Waals surface area contributed by atoms with Gasteiger partial charge >= 0.3 is 0 Å². The second-order valence-corrected chi connectivity index (χ2v) is 5.06. The van der Waals surface area contributed by atoms with Crippen LogP contribution in [0.2, 0.25) is 5.02 Å². The molecular formula is C15H13ClF2N2O. The number of carbonyl (C=O) groups is 1. The lowest BCUT2D eigenvalue weighted by Gasteiger charge is -2.20. The summed E-state index contributed by atoms with van der Waals surface area (Å²) in [4.78, 5) is 13.4. The Kier molecular flexibility index (Phi) is 4.14. The third-order valence-corrected chi connectivity index (χ3v) is 3.39. The van der Waals surface area contributed by atoms with Gasteiger partial charge in [0.2, 0.25) is 0 Å². The summed E-state index contributed by atoms with van der Waals surface area (Å²) < 4.78 is 27.8. The van der Waals surface area contributed by atoms with E-state index in [1.807, 2.05) is 0 Å². The predicted molar refractivity (Wildman–Crippen MR) is 79.7 cm³/mol. The van der Waals surface area contributed by atoms with E-state index in [1.54, 1.807) is 6.07 Å². The Balaban J connectivity index is 2.50. The molecule has 0 unspecified atom stereocenters. The van der Waals surface area contributed by atoms with Crippen molar-refractivity contribution in [2.24, 2.45) is 0 Å². The molecule has 0 saturated carbocycles. The van der Waals surface area contributed by atoms with Gasteiger partial charge in [0.15, 0.2) is 0 Å². The fourth-order valence-corrected chi connectivity index (χ4v) is 2.10. The fraction of sp³-hybridized carbons (Fsp3) is 0.133. The number of aryl methyl sites for hydroxylation is 1. The number of hydrogen-bond donors (Lipinski definition) is 1. The molecule has 0 spiro atoms. The number of rotatable bonds is 2. The van der Waals surface area contributed by atoms with E-state index >= 15 is 0 Å². The Labute approximate surface area is 125 Å². The Morgan fingerprint density at radius 2 is 1.90 bits per heavy atom. The summed E-state index contributed by atoms with van der Waals surface area (Å²) in [6.45, 7) is 1.46. The molecule has 0 fully saturated rings. The first-order chi connectivity index (χ1) is 9.82. The lowest BCUT2D eigenvalue weighted by molar-refractivity contribution is 0.0985. The number of benzene rings is 2. The minimum absolute atomic E-state index is 0.187. The molecule has 0 bridgehead atoms. The number of halogens is 3. The molecule has 2 N–H and O–H groups in total. The summed E-state index contributed by atoms with van der Waals surface area (Å²) in [5.74, 6) is -2.63. The van der Waals surface area contributed by atoms with E-state index in [0.29, 0.717) is 5.02 Å². The molecule has 0 heterocycles. The fourth-order valence-electron chi connectivity index (χ4n) is 1.94. The quantitative estimate of drug-likeness (QED) is 0.858. The zero-order valence-corrected chi connectivity index (χ0v) is 12.2. The SMILES string of the molecule is Cc1ccc(F)c(C(=O)N(C)c2cc(Cl)ccc2N)c1F. The van der Waals surface area contributed by atoms with Crippen LogP contribution in [0.1, 0.15) is 15.9 Å². The van der Waals surface area contributed by atoms with Gasteiger partial charge in [-0.3, -0.25) is 4.79 Å². The first-order valence-corrected chi connectivity index (χ1v) is 6.48. The van der Waals surface area contributed by atoms with Gasteiger partial charge in [-0.25, -0.2) is 8.78 Å². The highest BCUT2D eigenvalue weighted by molar-refractivity contribution is 6.31. The van der Waals surface area contributed by atoms with Crippen molar-refractivity contribution in [3.8, 4) is 0 Å². The maximum atomic E-state index is 14.0. The van der Waals surface area contributed by atoms with E-state index in [9.17, 15) is 13.6 Å². The molecule has 0 aromatic heterocycles. The van der Waals surface area contributed by atoms with Gasteiger partial charge in [0.1, 0.15) is 17.2 Å². The van der Waals surface area contributed by atoms with Crippen LogP contribution in [0.4, 0.5) is 20.2 Å². The minimum atomic E-state index is -0.921. The van der Waals surface area contributed by atoms with Crippen LogP contribution in [-0.2, 0) is 0 Å². The lowest BCUT2D eigenvalue weighted by atomic mass is 10.1. The van der Waals surface area contributed by atoms with Crippen molar-refractivity contribution in [2.75, 3.05) is 17.7 Å². The normalized spacial score (nSPS) is 10.5. The average Bonchev–Trinajstić information content (AvgIpc) is 2.45. The molecule has 3 nitrogen and oxygen atoms in total. The van der Waals surface area contributed by atoms with Crippen LogP contribution in [-0.4, -0.2) is 13.0 Å². The molecule has 110 valence electrons. The molecule has 0 radical (unpaired) electrons.